The number of unbranched alkanes of at least 4 members (excludes halogenated alkanes) is 12. The van der Waals surface area contributed by atoms with E-state index in [1.54, 1.807) is 14.4 Å². The number of hydrogen-bond acceptors (Lipinski definition) is 0. The molecule has 1 heterocycles. The molecular formula is C42H64N2NiSi. The van der Waals surface area contributed by atoms with Crippen molar-refractivity contribution in [3.8, 4) is 11.8 Å². The number of aryl methyl sites for hydroxylation is 2. The maximum absolute atomic E-state index is 11.5. The average molecular weight is 684 g/mol. The van der Waals surface area contributed by atoms with E-state index in [0.717, 1.165) is 53.8 Å². The average Bonchev–Trinajstić information content (AvgIpc) is 3.37. The molecule has 0 atom stereocenters. The molecule has 0 amide bonds. The maximum atomic E-state index is 11.5. The van der Waals surface area contributed by atoms with Gasteiger partial charge in [-0.15, -0.1) is 0 Å². The zero-order valence-electron chi connectivity index (χ0n) is 30.4. The Balaban J connectivity index is 0.00000236. The van der Waals surface area contributed by atoms with Gasteiger partial charge in [-0.2, -0.15) is 0 Å². The Hall–Kier alpha value is -2.21. The number of allylic oxidation sites excluding steroid dienone is 2. The van der Waals surface area contributed by atoms with E-state index in [1.807, 2.05) is 0 Å². The van der Waals surface area contributed by atoms with Crippen LogP contribution in [0.1, 0.15) is 126 Å². The normalized spacial score (nSPS) is 12.9. The van der Waals surface area contributed by atoms with Crippen LogP contribution in [-0.2, 0) is 27.3 Å². The van der Waals surface area contributed by atoms with E-state index in [4.69, 9.17) is 0 Å². The zero-order valence-corrected chi connectivity index (χ0v) is 32.4. The first-order valence-corrected chi connectivity index (χ1v) is 23.8. The summed E-state index contributed by atoms with van der Waals surface area (Å²) >= 11 is 1.62. The first kappa shape index (κ1) is 40.0. The van der Waals surface area contributed by atoms with Gasteiger partial charge >= 0.3 is 26.2 Å². The van der Waals surface area contributed by atoms with Gasteiger partial charge in [0.05, 0.1) is 0 Å². The topological polar surface area (TPSA) is 25.3 Å². The van der Waals surface area contributed by atoms with E-state index in [0.29, 0.717) is 0 Å². The van der Waals surface area contributed by atoms with Crippen LogP contribution >= 0.6 is 0 Å². The Kier molecular flexibility index (Phi) is 20.1. The van der Waals surface area contributed by atoms with E-state index in [2.05, 4.69) is 112 Å². The van der Waals surface area contributed by atoms with Crippen LogP contribution in [0.4, 0.5) is 0 Å². The van der Waals surface area contributed by atoms with Crippen LogP contribution in [0.2, 0.25) is 37.5 Å². The molecule has 1 aliphatic rings. The van der Waals surface area contributed by atoms with Gasteiger partial charge < -0.3 is 5.53 Å². The third kappa shape index (κ3) is 15.6. The summed E-state index contributed by atoms with van der Waals surface area (Å²) in [6.45, 7) is 11.8. The van der Waals surface area contributed by atoms with Crippen molar-refractivity contribution in [2.75, 3.05) is 0 Å². The minimum atomic E-state index is -1.07. The monoisotopic (exact) mass is 682 g/mol. The first-order valence-electron chi connectivity index (χ1n) is 18.1. The molecule has 2 aromatic carbocycles. The van der Waals surface area contributed by atoms with E-state index in [9.17, 15) is 5.53 Å². The van der Waals surface area contributed by atoms with Crippen molar-refractivity contribution in [2.24, 2.45) is 0 Å². The summed E-state index contributed by atoms with van der Waals surface area (Å²) in [5.74, 6) is 11.0. The minimum absolute atomic E-state index is 0.797. The predicted octanol–water partition coefficient (Wildman–Crippen LogP) is 13.6. The van der Waals surface area contributed by atoms with Gasteiger partial charge in [-0.3, -0.25) is 0 Å². The van der Waals surface area contributed by atoms with Crippen LogP contribution in [0.25, 0.3) is 16.9 Å². The van der Waals surface area contributed by atoms with Crippen LogP contribution in [0, 0.1) is 11.8 Å². The molecule has 256 valence electrons. The third-order valence-electron chi connectivity index (χ3n) is 8.56. The fourth-order valence-electron chi connectivity index (χ4n) is 5.69. The number of hydrogen-bond donors (Lipinski definition) is 0. The molecule has 0 aliphatic carbocycles. The standard InChI is InChI=1S/C40H58N2Si.2CH3.Ni/c1-6-8-10-11-12-13-14-15-16-17-18-19-20-22-38-33-39(36-27-23-35(24-28-36)31-32-43(3,4)5)42(41)40(38)37-29-25-34(26-30-37)21-9-7-2;;;/h23-30,33H,6-19,21,31-32H2,1-5H3;2*1H3;. The van der Waals surface area contributed by atoms with Crippen molar-refractivity contribution in [3.63, 3.8) is 0 Å². The molecule has 0 fully saturated rings. The van der Waals surface area contributed by atoms with Crippen molar-refractivity contribution in [1.29, 1.82) is 0 Å². The Morgan fingerprint density at radius 2 is 1.13 bits per heavy atom. The van der Waals surface area contributed by atoms with Gasteiger partial charge in [0.1, 0.15) is 5.57 Å². The second-order valence-corrected chi connectivity index (χ2v) is 20.7. The molecule has 46 heavy (non-hydrogen) atoms. The van der Waals surface area contributed by atoms with Gasteiger partial charge in [-0.05, 0) is 61.1 Å². The van der Waals surface area contributed by atoms with Crippen molar-refractivity contribution in [1.82, 2.24) is 0 Å². The third-order valence-corrected chi connectivity index (χ3v) is 10.3. The molecule has 1 aliphatic heterocycles. The SMILES string of the molecule is CCCCCCCCCCCCCC#CC1=C(c2ccc(CCCC)cc2)[N+](=[N-])C(c2ccc(CC[Si](C)(C)C)cc2)=C1.[CH3][Ni][CH3]. The summed E-state index contributed by atoms with van der Waals surface area (Å²) in [6.07, 6.45) is 22.4. The van der Waals surface area contributed by atoms with E-state index >= 15 is 0 Å². The fourth-order valence-corrected chi connectivity index (χ4v) is 6.73. The van der Waals surface area contributed by atoms with Gasteiger partial charge in [0.15, 0.2) is 0 Å². The first-order chi connectivity index (χ1) is 22.2. The molecular weight excluding hydrogens is 619 g/mol. The van der Waals surface area contributed by atoms with Crippen LogP contribution in [-0.4, -0.2) is 12.8 Å². The van der Waals surface area contributed by atoms with Gasteiger partial charge in [-0.25, -0.2) is 4.70 Å². The van der Waals surface area contributed by atoms with Crippen molar-refractivity contribution >= 4 is 19.5 Å². The Labute approximate surface area is 291 Å². The second-order valence-electron chi connectivity index (χ2n) is 14.1. The quantitative estimate of drug-likeness (QED) is 0.0610. The number of benzene rings is 2. The number of nitrogens with zero attached hydrogens (tertiary/aromatic N) is 2. The summed E-state index contributed by atoms with van der Waals surface area (Å²) in [5, 5.41) is 0. The molecule has 2 aromatic rings. The Morgan fingerprint density at radius 3 is 1.65 bits per heavy atom. The van der Waals surface area contributed by atoms with Gasteiger partial charge in [0.25, 0.3) is 0 Å². The van der Waals surface area contributed by atoms with Crippen LogP contribution in [0.5, 0.6) is 0 Å². The van der Waals surface area contributed by atoms with Crippen LogP contribution in [0.3, 0.4) is 0 Å². The molecule has 0 radical (unpaired) electrons. The number of rotatable bonds is 19. The molecule has 2 nitrogen and oxygen atoms in total. The summed E-state index contributed by atoms with van der Waals surface area (Å²) in [6, 6.07) is 18.7. The Bertz CT molecular complexity index is 1270. The van der Waals surface area contributed by atoms with E-state index in [-0.39, 0.29) is 0 Å². The fraction of sp³-hybridized carbons (Fsp3) is 0.571. The molecule has 0 unspecified atom stereocenters. The second kappa shape index (κ2) is 23.2. The molecule has 0 aromatic heterocycles. The van der Waals surface area contributed by atoms with Crippen molar-refractivity contribution in [2.45, 2.75) is 154 Å². The summed E-state index contributed by atoms with van der Waals surface area (Å²) < 4.78 is 1.37. The van der Waals surface area contributed by atoms with Crippen LogP contribution in [0.15, 0.2) is 60.2 Å². The van der Waals surface area contributed by atoms with Gasteiger partial charge in [-0.1, -0.05) is 146 Å². The van der Waals surface area contributed by atoms with Crippen molar-refractivity contribution in [3.05, 3.63) is 88.0 Å². The zero-order chi connectivity index (χ0) is 33.6. The molecule has 0 bridgehead atoms. The van der Waals surface area contributed by atoms with Gasteiger partial charge in [0.2, 0.25) is 11.4 Å². The molecule has 0 spiro atoms. The molecule has 0 saturated carbocycles. The Morgan fingerprint density at radius 1 is 0.652 bits per heavy atom. The van der Waals surface area contributed by atoms with E-state index < -0.39 is 8.07 Å². The molecule has 0 saturated heterocycles. The van der Waals surface area contributed by atoms with E-state index in [1.165, 1.54) is 98.9 Å². The predicted molar refractivity (Wildman–Crippen MR) is 202 cm³/mol. The molecule has 3 rings (SSSR count). The van der Waals surface area contributed by atoms with Crippen molar-refractivity contribution < 1.29 is 19.1 Å². The molecule has 4 heteroatoms. The summed E-state index contributed by atoms with van der Waals surface area (Å²) in [5.41, 5.74) is 18.7. The summed E-state index contributed by atoms with van der Waals surface area (Å²) in [7, 11) is -1.07. The summed E-state index contributed by atoms with van der Waals surface area (Å²) in [4.78, 5) is 0. The molecule has 0 N–H and O–H groups in total. The van der Waals surface area contributed by atoms with Gasteiger partial charge in [0, 0.05) is 31.7 Å². The van der Waals surface area contributed by atoms with Crippen LogP contribution < -0.4 is 0 Å².